The van der Waals surface area contributed by atoms with Crippen LogP contribution in [0.2, 0.25) is 0 Å². The number of allylic oxidation sites excluding steroid dienone is 3. The summed E-state index contributed by atoms with van der Waals surface area (Å²) in [6.07, 6.45) is 19.3. The first kappa shape index (κ1) is 23.3. The molecule has 0 bridgehead atoms. The first-order valence-corrected chi connectivity index (χ1v) is 13.1. The Kier molecular flexibility index (Phi) is 6.90. The van der Waals surface area contributed by atoms with Gasteiger partial charge in [-0.1, -0.05) is 76.8 Å². The van der Waals surface area contributed by atoms with Gasteiger partial charge in [0.2, 0.25) is 0 Å². The number of hydrogen-bond acceptors (Lipinski definition) is 2. The zero-order chi connectivity index (χ0) is 22.2. The summed E-state index contributed by atoms with van der Waals surface area (Å²) in [6.45, 7) is 12.9. The zero-order valence-electron chi connectivity index (χ0n) is 20.8. The maximum absolute atomic E-state index is 10.5. The van der Waals surface area contributed by atoms with Crippen molar-refractivity contribution in [2.75, 3.05) is 6.61 Å². The summed E-state index contributed by atoms with van der Waals surface area (Å²) < 4.78 is 5.81. The van der Waals surface area contributed by atoms with Crippen LogP contribution in [-0.2, 0) is 4.74 Å². The average Bonchev–Trinajstić information content (AvgIpc) is 3.29. The minimum atomic E-state index is -0.340. The summed E-state index contributed by atoms with van der Waals surface area (Å²) in [6, 6.07) is 0. The molecule has 0 aromatic carbocycles. The molecule has 174 valence electrons. The number of ether oxygens (including phenoxy) is 1. The molecule has 4 aliphatic rings. The van der Waals surface area contributed by atoms with E-state index in [2.05, 4.69) is 52.8 Å². The van der Waals surface area contributed by atoms with E-state index in [1.807, 2.05) is 0 Å². The van der Waals surface area contributed by atoms with E-state index in [0.717, 1.165) is 36.2 Å². The Hall–Kier alpha value is -0.860. The van der Waals surface area contributed by atoms with Crippen molar-refractivity contribution in [2.45, 2.75) is 111 Å². The molecule has 0 aromatic rings. The lowest BCUT2D eigenvalue weighted by Crippen LogP contribution is -2.36. The Morgan fingerprint density at radius 3 is 2.81 bits per heavy atom. The lowest BCUT2D eigenvalue weighted by molar-refractivity contribution is 0.0850. The summed E-state index contributed by atoms with van der Waals surface area (Å²) in [5.74, 6) is 2.48. The highest BCUT2D eigenvalue weighted by Crippen LogP contribution is 2.60. The molecule has 2 heteroatoms. The van der Waals surface area contributed by atoms with Gasteiger partial charge in [-0.3, -0.25) is 0 Å². The molecule has 1 N–H and O–H groups in total. The van der Waals surface area contributed by atoms with Crippen LogP contribution in [0, 0.1) is 28.6 Å². The second-order valence-electron chi connectivity index (χ2n) is 12.5. The Morgan fingerprint density at radius 1 is 1.23 bits per heavy atom. The molecular formula is C29H46O2. The van der Waals surface area contributed by atoms with E-state index >= 15 is 0 Å². The normalized spacial score (nSPS) is 39.5. The highest BCUT2D eigenvalue weighted by molar-refractivity contribution is 5.32. The minimum Gasteiger partial charge on any atom is -0.388 e. The summed E-state index contributed by atoms with van der Waals surface area (Å²) >= 11 is 0. The fourth-order valence-electron chi connectivity index (χ4n) is 7.43. The van der Waals surface area contributed by atoms with Crippen LogP contribution in [-0.4, -0.2) is 23.9 Å². The lowest BCUT2D eigenvalue weighted by Gasteiger charge is -2.44. The van der Waals surface area contributed by atoms with Crippen molar-refractivity contribution in [1.29, 1.82) is 0 Å². The van der Waals surface area contributed by atoms with E-state index in [9.17, 15) is 5.11 Å². The van der Waals surface area contributed by atoms with E-state index in [-0.39, 0.29) is 12.2 Å². The fourth-order valence-corrected chi connectivity index (χ4v) is 7.43. The molecule has 4 rings (SSSR count). The molecule has 3 fully saturated rings. The predicted molar refractivity (Wildman–Crippen MR) is 130 cm³/mol. The van der Waals surface area contributed by atoms with Gasteiger partial charge in [0.1, 0.15) is 0 Å². The van der Waals surface area contributed by atoms with Crippen molar-refractivity contribution in [3.05, 3.63) is 34.9 Å². The molecule has 3 saturated carbocycles. The topological polar surface area (TPSA) is 29.5 Å². The largest absolute Gasteiger partial charge is 0.388 e. The average molecular weight is 427 g/mol. The third-order valence-corrected chi connectivity index (χ3v) is 9.12. The molecule has 1 heterocycles. The number of fused-ring (bicyclic) bond motifs is 2. The Morgan fingerprint density at radius 2 is 2.03 bits per heavy atom. The van der Waals surface area contributed by atoms with Crippen molar-refractivity contribution in [3.8, 4) is 0 Å². The predicted octanol–water partition coefficient (Wildman–Crippen LogP) is 7.39. The third kappa shape index (κ3) is 5.06. The van der Waals surface area contributed by atoms with Crippen LogP contribution in [0.5, 0.6) is 0 Å². The van der Waals surface area contributed by atoms with E-state index in [1.54, 1.807) is 5.57 Å². The molecule has 1 aliphatic heterocycles. The SMILES string of the molecule is C[C@H](CCCC(C)(C)C)C1CCC2/C(=C/C=C3\C[C@@H](O)C4=CCO[C@@H]4C3)CCC[C@@]21C. The quantitative estimate of drug-likeness (QED) is 0.464. The molecular weight excluding hydrogens is 380 g/mol. The molecule has 0 aromatic heterocycles. The van der Waals surface area contributed by atoms with Gasteiger partial charge in [-0.05, 0) is 85.5 Å². The van der Waals surface area contributed by atoms with Crippen LogP contribution in [0.4, 0.5) is 0 Å². The van der Waals surface area contributed by atoms with Crippen LogP contribution in [0.1, 0.15) is 98.8 Å². The van der Waals surface area contributed by atoms with Crippen LogP contribution in [0.3, 0.4) is 0 Å². The van der Waals surface area contributed by atoms with Gasteiger partial charge in [-0.25, -0.2) is 0 Å². The minimum absolute atomic E-state index is 0.120. The van der Waals surface area contributed by atoms with E-state index in [0.29, 0.717) is 17.4 Å². The van der Waals surface area contributed by atoms with Crippen molar-refractivity contribution < 1.29 is 9.84 Å². The molecule has 3 aliphatic carbocycles. The van der Waals surface area contributed by atoms with E-state index < -0.39 is 0 Å². The van der Waals surface area contributed by atoms with Gasteiger partial charge in [0.05, 0.1) is 18.8 Å². The van der Waals surface area contributed by atoms with Crippen LogP contribution < -0.4 is 0 Å². The third-order valence-electron chi connectivity index (χ3n) is 9.12. The van der Waals surface area contributed by atoms with Gasteiger partial charge in [0, 0.05) is 0 Å². The van der Waals surface area contributed by atoms with Gasteiger partial charge in [-0.2, -0.15) is 0 Å². The van der Waals surface area contributed by atoms with Crippen LogP contribution in [0.25, 0.3) is 0 Å². The van der Waals surface area contributed by atoms with E-state index in [4.69, 9.17) is 4.74 Å². The first-order chi connectivity index (χ1) is 14.7. The van der Waals surface area contributed by atoms with Gasteiger partial charge >= 0.3 is 0 Å². The maximum Gasteiger partial charge on any atom is 0.0852 e. The molecule has 0 spiro atoms. The summed E-state index contributed by atoms with van der Waals surface area (Å²) in [4.78, 5) is 0. The Balaban J connectivity index is 1.42. The standard InChI is InChI=1S/C29H46O2/c1-20(8-6-15-28(2,3)4)24-12-13-25-22(9-7-16-29(24,25)5)11-10-21-18-26(30)23-14-17-31-27(23)19-21/h10-11,14,20,24-27,30H,6-9,12-13,15-19H2,1-5H3/b21-10+,22-11+/t20-,24?,25?,26-,27-,29-/m1/s1. The zero-order valence-corrected chi connectivity index (χ0v) is 20.8. The number of rotatable bonds is 5. The van der Waals surface area contributed by atoms with Crippen LogP contribution >= 0.6 is 0 Å². The molecule has 0 radical (unpaired) electrons. The summed E-state index contributed by atoms with van der Waals surface area (Å²) in [7, 11) is 0. The van der Waals surface area contributed by atoms with Gasteiger partial charge < -0.3 is 9.84 Å². The smallest absolute Gasteiger partial charge is 0.0852 e. The van der Waals surface area contributed by atoms with Gasteiger partial charge in [0.15, 0.2) is 0 Å². The van der Waals surface area contributed by atoms with Gasteiger partial charge in [-0.15, -0.1) is 0 Å². The lowest BCUT2D eigenvalue weighted by atomic mass is 9.60. The maximum atomic E-state index is 10.5. The number of hydrogen-bond donors (Lipinski definition) is 1. The van der Waals surface area contributed by atoms with Crippen LogP contribution in [0.15, 0.2) is 34.9 Å². The first-order valence-electron chi connectivity index (χ1n) is 13.1. The number of aliphatic hydroxyl groups excluding tert-OH is 1. The second-order valence-corrected chi connectivity index (χ2v) is 12.5. The van der Waals surface area contributed by atoms with E-state index in [1.165, 1.54) is 56.9 Å². The highest BCUT2D eigenvalue weighted by atomic mass is 16.5. The van der Waals surface area contributed by atoms with Gasteiger partial charge in [0.25, 0.3) is 0 Å². The second kappa shape index (κ2) is 9.18. The van der Waals surface area contributed by atoms with Crippen molar-refractivity contribution in [2.24, 2.45) is 28.6 Å². The molecule has 6 atom stereocenters. The van der Waals surface area contributed by atoms with Crippen molar-refractivity contribution in [1.82, 2.24) is 0 Å². The summed E-state index contributed by atoms with van der Waals surface area (Å²) in [5, 5.41) is 10.5. The molecule has 0 amide bonds. The molecule has 2 unspecified atom stereocenters. The fraction of sp³-hybridized carbons (Fsp3) is 0.793. The number of aliphatic hydroxyl groups is 1. The van der Waals surface area contributed by atoms with Crippen molar-refractivity contribution >= 4 is 0 Å². The Labute approximate surface area is 191 Å². The summed E-state index contributed by atoms with van der Waals surface area (Å²) in [5.41, 5.74) is 5.12. The molecule has 0 saturated heterocycles. The highest BCUT2D eigenvalue weighted by Gasteiger charge is 2.50. The Bertz CT molecular complexity index is 736. The molecule has 31 heavy (non-hydrogen) atoms. The molecule has 2 nitrogen and oxygen atoms in total. The monoisotopic (exact) mass is 426 g/mol. The van der Waals surface area contributed by atoms with Crippen molar-refractivity contribution in [3.63, 3.8) is 0 Å².